The van der Waals surface area contributed by atoms with Gasteiger partial charge in [-0.3, -0.25) is 4.79 Å². The number of likely N-dealkylation sites (N-methyl/N-ethyl adjacent to an activating group) is 1. The van der Waals surface area contributed by atoms with E-state index in [2.05, 4.69) is 24.1 Å². The molecule has 0 saturated heterocycles. The van der Waals surface area contributed by atoms with Crippen LogP contribution in [-0.4, -0.2) is 49.7 Å². The van der Waals surface area contributed by atoms with Gasteiger partial charge in [-0.15, -0.1) is 0 Å². The summed E-state index contributed by atoms with van der Waals surface area (Å²) in [6, 6.07) is 5.49. The van der Waals surface area contributed by atoms with Gasteiger partial charge in [0.2, 0.25) is 5.91 Å². The van der Waals surface area contributed by atoms with Gasteiger partial charge in [0, 0.05) is 23.8 Å². The Morgan fingerprint density at radius 3 is 2.67 bits per heavy atom. The molecule has 0 radical (unpaired) electrons. The van der Waals surface area contributed by atoms with Crippen molar-refractivity contribution in [3.63, 3.8) is 0 Å². The number of nitrogens with one attached hydrogen (secondary N) is 1. The van der Waals surface area contributed by atoms with Gasteiger partial charge in [0.05, 0.1) is 13.0 Å². The average Bonchev–Trinajstić information content (AvgIpc) is 2.65. The van der Waals surface area contributed by atoms with Crippen LogP contribution in [-0.2, 0) is 4.79 Å². The molecule has 1 aromatic carbocycles. The predicted octanol–water partition coefficient (Wildman–Crippen LogP) is 3.26. The molecule has 0 spiro atoms. The largest absolute Gasteiger partial charge is 0.493 e. The number of methoxy groups -OCH3 is 1. The fourth-order valence-electron chi connectivity index (χ4n) is 3.71. The van der Waals surface area contributed by atoms with E-state index in [0.717, 1.165) is 45.3 Å². The molecule has 3 N–H and O–H groups in total. The van der Waals surface area contributed by atoms with Crippen molar-refractivity contribution in [3.05, 3.63) is 18.2 Å². The summed E-state index contributed by atoms with van der Waals surface area (Å²) in [6.45, 7) is 9.65. The molecule has 1 aliphatic rings. The van der Waals surface area contributed by atoms with Crippen LogP contribution >= 0.6 is 0 Å². The van der Waals surface area contributed by atoms with Crippen molar-refractivity contribution in [2.45, 2.75) is 52.0 Å². The zero-order chi connectivity index (χ0) is 19.9. The first-order chi connectivity index (χ1) is 12.9. The molecule has 0 heterocycles. The van der Waals surface area contributed by atoms with Gasteiger partial charge in [-0.1, -0.05) is 26.7 Å². The molecule has 6 heteroatoms. The molecule has 0 aromatic heterocycles. The Morgan fingerprint density at radius 2 is 2.04 bits per heavy atom. The summed E-state index contributed by atoms with van der Waals surface area (Å²) in [5.74, 6) is 1.12. The maximum atomic E-state index is 12.8. The Bertz CT molecular complexity index is 615. The number of ether oxygens (including phenoxy) is 2. The smallest absolute Gasteiger partial charge is 0.229 e. The summed E-state index contributed by atoms with van der Waals surface area (Å²) < 4.78 is 11.3. The maximum absolute atomic E-state index is 12.8. The van der Waals surface area contributed by atoms with Crippen LogP contribution in [0.5, 0.6) is 11.5 Å². The van der Waals surface area contributed by atoms with Crippen molar-refractivity contribution in [2.75, 3.05) is 38.7 Å². The molecule has 1 aromatic rings. The quantitative estimate of drug-likeness (QED) is 0.691. The Balaban J connectivity index is 2.03. The van der Waals surface area contributed by atoms with E-state index in [4.69, 9.17) is 15.2 Å². The molecule has 0 bridgehead atoms. The van der Waals surface area contributed by atoms with E-state index in [1.165, 1.54) is 0 Å². The summed E-state index contributed by atoms with van der Waals surface area (Å²) in [4.78, 5) is 15.1. The number of carbonyl (C=O) groups excluding carboxylic acids is 1. The third-order valence-corrected chi connectivity index (χ3v) is 5.56. The van der Waals surface area contributed by atoms with Crippen molar-refractivity contribution in [1.29, 1.82) is 0 Å². The Morgan fingerprint density at radius 1 is 1.30 bits per heavy atom. The van der Waals surface area contributed by atoms with Crippen LogP contribution in [0.4, 0.5) is 5.69 Å². The lowest BCUT2D eigenvalue weighted by molar-refractivity contribution is -0.122. The first-order valence-electron chi connectivity index (χ1n) is 10.0. The zero-order valence-corrected chi connectivity index (χ0v) is 17.2. The third kappa shape index (κ3) is 5.84. The summed E-state index contributed by atoms with van der Waals surface area (Å²) in [5.41, 5.74) is 6.62. The lowest BCUT2D eigenvalue weighted by atomic mass is 9.74. The SMILES string of the molecule is CCN(CC)CCOc1cc(NC(=O)C2CCCCC2(C)N)ccc1OC. The van der Waals surface area contributed by atoms with Crippen molar-refractivity contribution in [2.24, 2.45) is 11.7 Å². The third-order valence-electron chi connectivity index (χ3n) is 5.56. The van der Waals surface area contributed by atoms with Crippen LogP contribution < -0.4 is 20.5 Å². The van der Waals surface area contributed by atoms with Crippen LogP contribution in [0.2, 0.25) is 0 Å². The molecule has 2 unspecified atom stereocenters. The number of rotatable bonds is 9. The van der Waals surface area contributed by atoms with E-state index in [1.807, 2.05) is 25.1 Å². The highest BCUT2D eigenvalue weighted by atomic mass is 16.5. The van der Waals surface area contributed by atoms with Gasteiger partial charge in [0.15, 0.2) is 11.5 Å². The molecule has 2 rings (SSSR count). The number of amides is 1. The van der Waals surface area contributed by atoms with Gasteiger partial charge >= 0.3 is 0 Å². The Labute approximate surface area is 163 Å². The minimum atomic E-state index is -0.447. The summed E-state index contributed by atoms with van der Waals surface area (Å²) in [5, 5.41) is 3.02. The number of nitrogens with zero attached hydrogens (tertiary/aromatic N) is 1. The van der Waals surface area contributed by atoms with E-state index >= 15 is 0 Å². The van der Waals surface area contributed by atoms with Crippen molar-refractivity contribution < 1.29 is 14.3 Å². The summed E-state index contributed by atoms with van der Waals surface area (Å²) >= 11 is 0. The molecule has 1 amide bonds. The Hall–Kier alpha value is -1.79. The number of carbonyl (C=O) groups is 1. The van der Waals surface area contributed by atoms with Crippen molar-refractivity contribution in [3.8, 4) is 11.5 Å². The van der Waals surface area contributed by atoms with Crippen LogP contribution in [0, 0.1) is 5.92 Å². The highest BCUT2D eigenvalue weighted by Gasteiger charge is 2.37. The first kappa shape index (κ1) is 21.5. The minimum absolute atomic E-state index is 0.0149. The zero-order valence-electron chi connectivity index (χ0n) is 17.2. The van der Waals surface area contributed by atoms with Crippen LogP contribution in [0.3, 0.4) is 0 Å². The molecule has 27 heavy (non-hydrogen) atoms. The molecule has 1 fully saturated rings. The van der Waals surface area contributed by atoms with E-state index in [9.17, 15) is 4.79 Å². The van der Waals surface area contributed by atoms with Crippen LogP contribution in [0.15, 0.2) is 18.2 Å². The van der Waals surface area contributed by atoms with Crippen LogP contribution in [0.1, 0.15) is 46.5 Å². The Kier molecular flexibility index (Phi) is 7.92. The van der Waals surface area contributed by atoms with Crippen LogP contribution in [0.25, 0.3) is 0 Å². The van der Waals surface area contributed by atoms with Gasteiger partial charge in [0.25, 0.3) is 0 Å². The maximum Gasteiger partial charge on any atom is 0.229 e. The normalized spacial score (nSPS) is 22.5. The number of hydrogen-bond donors (Lipinski definition) is 2. The van der Waals surface area contributed by atoms with E-state index in [-0.39, 0.29) is 11.8 Å². The van der Waals surface area contributed by atoms with E-state index < -0.39 is 5.54 Å². The second-order valence-corrected chi connectivity index (χ2v) is 7.53. The molecule has 0 aliphatic heterocycles. The van der Waals surface area contributed by atoms with E-state index in [0.29, 0.717) is 23.8 Å². The van der Waals surface area contributed by atoms with Gasteiger partial charge in [-0.25, -0.2) is 0 Å². The molecule has 2 atom stereocenters. The molecule has 152 valence electrons. The standard InChI is InChI=1S/C21H35N3O3/c1-5-24(6-2)13-14-27-19-15-16(10-11-18(19)26-4)23-20(25)17-9-7-8-12-21(17,3)22/h10-11,15,17H,5-9,12-14,22H2,1-4H3,(H,23,25). The number of benzene rings is 1. The van der Waals surface area contributed by atoms with E-state index in [1.54, 1.807) is 7.11 Å². The van der Waals surface area contributed by atoms with Gasteiger partial charge in [-0.2, -0.15) is 0 Å². The lowest BCUT2D eigenvalue weighted by Crippen LogP contribution is -2.51. The number of nitrogens with two attached hydrogens (primary N) is 1. The van der Waals surface area contributed by atoms with Crippen molar-refractivity contribution >= 4 is 11.6 Å². The van der Waals surface area contributed by atoms with Crippen molar-refractivity contribution in [1.82, 2.24) is 4.90 Å². The average molecular weight is 378 g/mol. The fourth-order valence-corrected chi connectivity index (χ4v) is 3.71. The minimum Gasteiger partial charge on any atom is -0.493 e. The van der Waals surface area contributed by atoms with Gasteiger partial charge in [0.1, 0.15) is 6.61 Å². The predicted molar refractivity (Wildman–Crippen MR) is 109 cm³/mol. The highest BCUT2D eigenvalue weighted by molar-refractivity contribution is 5.93. The molecular formula is C21H35N3O3. The molecule has 6 nitrogen and oxygen atoms in total. The molecule has 1 saturated carbocycles. The topological polar surface area (TPSA) is 76.8 Å². The highest BCUT2D eigenvalue weighted by Crippen LogP contribution is 2.34. The second-order valence-electron chi connectivity index (χ2n) is 7.53. The van der Waals surface area contributed by atoms with Gasteiger partial charge in [-0.05, 0) is 45.0 Å². The summed E-state index contributed by atoms with van der Waals surface area (Å²) in [7, 11) is 1.62. The van der Waals surface area contributed by atoms with Gasteiger partial charge < -0.3 is 25.4 Å². The first-order valence-corrected chi connectivity index (χ1v) is 10.0. The number of hydrogen-bond acceptors (Lipinski definition) is 5. The summed E-state index contributed by atoms with van der Waals surface area (Å²) in [6.07, 6.45) is 3.85. The monoisotopic (exact) mass is 377 g/mol. The fraction of sp³-hybridized carbons (Fsp3) is 0.667. The number of anilines is 1. The second kappa shape index (κ2) is 9.95. The molecule has 1 aliphatic carbocycles. The lowest BCUT2D eigenvalue weighted by Gasteiger charge is -2.37. The molecular weight excluding hydrogens is 342 g/mol.